The predicted molar refractivity (Wildman–Crippen MR) is 70.4 cm³/mol. The average molecular weight is 274 g/mol. The summed E-state index contributed by atoms with van der Waals surface area (Å²) < 4.78 is 10.6. The van der Waals surface area contributed by atoms with Gasteiger partial charge in [0.1, 0.15) is 11.2 Å². The van der Waals surface area contributed by atoms with Crippen molar-refractivity contribution in [1.82, 2.24) is 4.90 Å². The Morgan fingerprint density at radius 1 is 1.45 bits per heavy atom. The number of carbonyl (C=O) groups excluding carboxylic acids is 1. The van der Waals surface area contributed by atoms with E-state index in [9.17, 15) is 10.1 Å². The Kier molecular flexibility index (Phi) is 3.49. The Balaban J connectivity index is 1.79. The second-order valence-corrected chi connectivity index (χ2v) is 5.55. The molecule has 2 heterocycles. The van der Waals surface area contributed by atoms with Gasteiger partial charge in [0.05, 0.1) is 18.9 Å². The summed E-state index contributed by atoms with van der Waals surface area (Å²) in [4.78, 5) is 14.7. The molecule has 1 saturated carbocycles. The Bertz CT molecular complexity index is 508. The highest BCUT2D eigenvalue weighted by Gasteiger charge is 2.46. The van der Waals surface area contributed by atoms with E-state index < -0.39 is 5.41 Å². The SMILES string of the molecule is N#CC1(C(=O)N(Cc2ccco2)C2CC2)CCOCC1. The average Bonchev–Trinajstić information content (AvgIpc) is 3.21. The van der Waals surface area contributed by atoms with Gasteiger partial charge in [-0.05, 0) is 37.8 Å². The number of hydrogen-bond donors (Lipinski definition) is 0. The molecular weight excluding hydrogens is 256 g/mol. The molecule has 20 heavy (non-hydrogen) atoms. The van der Waals surface area contributed by atoms with Gasteiger partial charge in [0.25, 0.3) is 0 Å². The van der Waals surface area contributed by atoms with Crippen molar-refractivity contribution < 1.29 is 13.9 Å². The topological polar surface area (TPSA) is 66.5 Å². The number of nitrogens with zero attached hydrogens (tertiary/aromatic N) is 2. The molecule has 0 bridgehead atoms. The van der Waals surface area contributed by atoms with Gasteiger partial charge in [0.2, 0.25) is 5.91 Å². The van der Waals surface area contributed by atoms with E-state index in [0.717, 1.165) is 18.6 Å². The second-order valence-electron chi connectivity index (χ2n) is 5.55. The maximum Gasteiger partial charge on any atom is 0.243 e. The van der Waals surface area contributed by atoms with E-state index in [-0.39, 0.29) is 11.9 Å². The summed E-state index contributed by atoms with van der Waals surface area (Å²) in [5, 5.41) is 9.51. The Morgan fingerprint density at radius 3 is 2.75 bits per heavy atom. The summed E-state index contributed by atoms with van der Waals surface area (Å²) in [6, 6.07) is 6.21. The molecule has 1 amide bonds. The van der Waals surface area contributed by atoms with Gasteiger partial charge in [-0.3, -0.25) is 4.79 Å². The molecule has 2 fully saturated rings. The lowest BCUT2D eigenvalue weighted by Crippen LogP contribution is -2.46. The van der Waals surface area contributed by atoms with Gasteiger partial charge in [0, 0.05) is 19.3 Å². The predicted octanol–water partition coefficient (Wildman–Crippen LogP) is 2.09. The van der Waals surface area contributed by atoms with Crippen LogP contribution in [-0.4, -0.2) is 30.1 Å². The lowest BCUT2D eigenvalue weighted by molar-refractivity contribution is -0.145. The largest absolute Gasteiger partial charge is 0.467 e. The molecule has 1 aliphatic heterocycles. The number of furan rings is 1. The number of carbonyl (C=O) groups is 1. The molecule has 0 aromatic carbocycles. The van der Waals surface area contributed by atoms with E-state index in [2.05, 4.69) is 6.07 Å². The van der Waals surface area contributed by atoms with E-state index in [0.29, 0.717) is 32.6 Å². The summed E-state index contributed by atoms with van der Waals surface area (Å²) in [7, 11) is 0. The van der Waals surface area contributed by atoms with Crippen molar-refractivity contribution in [2.75, 3.05) is 13.2 Å². The molecule has 0 spiro atoms. The maximum atomic E-state index is 12.9. The standard InChI is InChI=1S/C15H18N2O3/c16-11-15(5-8-19-9-6-15)14(18)17(12-3-4-12)10-13-2-1-7-20-13/h1-2,7,12H,3-6,8-10H2. The fourth-order valence-corrected chi connectivity index (χ4v) is 2.69. The van der Waals surface area contributed by atoms with Gasteiger partial charge in [-0.1, -0.05) is 0 Å². The fraction of sp³-hybridized carbons (Fsp3) is 0.600. The molecule has 106 valence electrons. The van der Waals surface area contributed by atoms with Gasteiger partial charge in [-0.25, -0.2) is 0 Å². The summed E-state index contributed by atoms with van der Waals surface area (Å²) in [6.07, 6.45) is 4.63. The van der Waals surface area contributed by atoms with Crippen LogP contribution >= 0.6 is 0 Å². The first-order valence-electron chi connectivity index (χ1n) is 7.08. The number of amides is 1. The summed E-state index contributed by atoms with van der Waals surface area (Å²) in [5.74, 6) is 0.715. The van der Waals surface area contributed by atoms with Crippen LogP contribution in [0.2, 0.25) is 0 Å². The lowest BCUT2D eigenvalue weighted by Gasteiger charge is -2.34. The molecule has 1 saturated heterocycles. The Hall–Kier alpha value is -1.80. The molecule has 0 atom stereocenters. The molecule has 5 nitrogen and oxygen atoms in total. The van der Waals surface area contributed by atoms with Crippen molar-refractivity contribution in [2.24, 2.45) is 5.41 Å². The van der Waals surface area contributed by atoms with Crippen molar-refractivity contribution in [3.8, 4) is 6.07 Å². The van der Waals surface area contributed by atoms with Crippen LogP contribution in [0.25, 0.3) is 0 Å². The normalized spacial score (nSPS) is 21.1. The van der Waals surface area contributed by atoms with Crippen LogP contribution in [-0.2, 0) is 16.1 Å². The van der Waals surface area contributed by atoms with E-state index in [1.54, 1.807) is 6.26 Å². The van der Waals surface area contributed by atoms with Crippen molar-refractivity contribution in [2.45, 2.75) is 38.3 Å². The first-order valence-corrected chi connectivity index (χ1v) is 7.08. The highest BCUT2D eigenvalue weighted by Crippen LogP contribution is 2.37. The Labute approximate surface area is 118 Å². The summed E-state index contributed by atoms with van der Waals surface area (Å²) >= 11 is 0. The molecular formula is C15H18N2O3. The maximum absolute atomic E-state index is 12.9. The van der Waals surface area contributed by atoms with E-state index in [1.807, 2.05) is 17.0 Å². The van der Waals surface area contributed by atoms with Crippen molar-refractivity contribution in [1.29, 1.82) is 5.26 Å². The molecule has 2 aliphatic rings. The quantitative estimate of drug-likeness (QED) is 0.843. The zero-order chi connectivity index (χ0) is 14.0. The minimum absolute atomic E-state index is 0.0535. The lowest BCUT2D eigenvalue weighted by atomic mass is 9.80. The molecule has 3 rings (SSSR count). The number of nitriles is 1. The minimum Gasteiger partial charge on any atom is -0.467 e. The summed E-state index contributed by atoms with van der Waals surface area (Å²) in [6.45, 7) is 1.43. The highest BCUT2D eigenvalue weighted by molar-refractivity contribution is 5.86. The van der Waals surface area contributed by atoms with Crippen LogP contribution in [0.15, 0.2) is 22.8 Å². The van der Waals surface area contributed by atoms with Gasteiger partial charge >= 0.3 is 0 Å². The molecule has 0 radical (unpaired) electrons. The third-order valence-corrected chi connectivity index (χ3v) is 4.12. The zero-order valence-electron chi connectivity index (χ0n) is 11.4. The Morgan fingerprint density at radius 2 is 2.20 bits per heavy atom. The van der Waals surface area contributed by atoms with Crippen LogP contribution in [0.4, 0.5) is 0 Å². The van der Waals surface area contributed by atoms with Crippen LogP contribution in [0, 0.1) is 16.7 Å². The third kappa shape index (κ3) is 2.44. The number of ether oxygens (including phenoxy) is 1. The minimum atomic E-state index is -0.909. The molecule has 0 N–H and O–H groups in total. The first kappa shape index (κ1) is 13.2. The van der Waals surface area contributed by atoms with Crippen molar-refractivity contribution >= 4 is 5.91 Å². The van der Waals surface area contributed by atoms with Crippen LogP contribution in [0.5, 0.6) is 0 Å². The second kappa shape index (κ2) is 5.29. The van der Waals surface area contributed by atoms with Gasteiger partial charge in [-0.15, -0.1) is 0 Å². The third-order valence-electron chi connectivity index (χ3n) is 4.12. The molecule has 0 unspecified atom stereocenters. The molecule has 1 aliphatic carbocycles. The zero-order valence-corrected chi connectivity index (χ0v) is 11.4. The van der Waals surface area contributed by atoms with E-state index in [1.165, 1.54) is 0 Å². The molecule has 5 heteroatoms. The molecule has 1 aromatic rings. The van der Waals surface area contributed by atoms with Gasteiger partial charge in [0.15, 0.2) is 0 Å². The van der Waals surface area contributed by atoms with Gasteiger partial charge < -0.3 is 14.1 Å². The first-order chi connectivity index (χ1) is 9.75. The van der Waals surface area contributed by atoms with Gasteiger partial charge in [-0.2, -0.15) is 5.26 Å². The van der Waals surface area contributed by atoms with Crippen LogP contribution < -0.4 is 0 Å². The number of rotatable bonds is 4. The fourth-order valence-electron chi connectivity index (χ4n) is 2.69. The van der Waals surface area contributed by atoms with Crippen molar-refractivity contribution in [3.63, 3.8) is 0 Å². The summed E-state index contributed by atoms with van der Waals surface area (Å²) in [5.41, 5.74) is -0.909. The highest BCUT2D eigenvalue weighted by atomic mass is 16.5. The smallest absolute Gasteiger partial charge is 0.243 e. The van der Waals surface area contributed by atoms with Crippen molar-refractivity contribution in [3.05, 3.63) is 24.2 Å². The van der Waals surface area contributed by atoms with Crippen LogP contribution in [0.3, 0.4) is 0 Å². The molecule has 1 aromatic heterocycles. The van der Waals surface area contributed by atoms with Crippen LogP contribution in [0.1, 0.15) is 31.4 Å². The number of hydrogen-bond acceptors (Lipinski definition) is 4. The van der Waals surface area contributed by atoms with E-state index >= 15 is 0 Å². The van der Waals surface area contributed by atoms with E-state index in [4.69, 9.17) is 9.15 Å². The monoisotopic (exact) mass is 274 g/mol.